The number of hydrogen-bond acceptors (Lipinski definition) is 3. The van der Waals surface area contributed by atoms with E-state index < -0.39 is 6.10 Å². The SMILES string of the molecule is CC(O)CNC(=O)C1CC(=O)N(c2ccc(Cl)cc2)C1. The number of nitrogens with zero attached hydrogens (tertiary/aromatic N) is 1. The first-order chi connectivity index (χ1) is 9.47. The molecular formula is C14H17ClN2O3. The summed E-state index contributed by atoms with van der Waals surface area (Å²) in [5.41, 5.74) is 0.741. The zero-order valence-electron chi connectivity index (χ0n) is 11.2. The molecule has 0 aromatic heterocycles. The maximum Gasteiger partial charge on any atom is 0.227 e. The molecule has 0 saturated carbocycles. The van der Waals surface area contributed by atoms with Crippen LogP contribution in [0.5, 0.6) is 0 Å². The van der Waals surface area contributed by atoms with E-state index in [0.29, 0.717) is 11.6 Å². The number of amides is 2. The molecule has 5 nitrogen and oxygen atoms in total. The first-order valence-corrected chi connectivity index (χ1v) is 6.87. The summed E-state index contributed by atoms with van der Waals surface area (Å²) < 4.78 is 0. The number of rotatable bonds is 4. The van der Waals surface area contributed by atoms with Gasteiger partial charge in [-0.05, 0) is 31.2 Å². The Morgan fingerprint density at radius 1 is 1.50 bits per heavy atom. The van der Waals surface area contributed by atoms with Crippen molar-refractivity contribution < 1.29 is 14.7 Å². The molecule has 1 aliphatic heterocycles. The highest BCUT2D eigenvalue weighted by atomic mass is 35.5. The van der Waals surface area contributed by atoms with Gasteiger partial charge in [0.05, 0.1) is 12.0 Å². The van der Waals surface area contributed by atoms with E-state index in [9.17, 15) is 9.59 Å². The Kier molecular flexibility index (Phi) is 4.62. The van der Waals surface area contributed by atoms with Gasteiger partial charge in [0.25, 0.3) is 0 Å². The first kappa shape index (κ1) is 14.8. The molecule has 0 spiro atoms. The van der Waals surface area contributed by atoms with Crippen molar-refractivity contribution in [1.29, 1.82) is 0 Å². The van der Waals surface area contributed by atoms with E-state index in [2.05, 4.69) is 5.32 Å². The van der Waals surface area contributed by atoms with Crippen LogP contribution in [0.25, 0.3) is 0 Å². The number of benzene rings is 1. The number of anilines is 1. The van der Waals surface area contributed by atoms with Gasteiger partial charge in [-0.2, -0.15) is 0 Å². The third-order valence-electron chi connectivity index (χ3n) is 3.21. The first-order valence-electron chi connectivity index (χ1n) is 6.49. The molecule has 1 fully saturated rings. The van der Waals surface area contributed by atoms with Crippen molar-refractivity contribution in [3.05, 3.63) is 29.3 Å². The number of carbonyl (C=O) groups excluding carboxylic acids is 2. The standard InChI is InChI=1S/C14H17ClN2O3/c1-9(18)7-16-14(20)10-6-13(19)17(8-10)12-4-2-11(15)3-5-12/h2-5,9-10,18H,6-8H2,1H3,(H,16,20). The van der Waals surface area contributed by atoms with E-state index in [1.807, 2.05) is 0 Å². The minimum atomic E-state index is -0.594. The van der Waals surface area contributed by atoms with Crippen LogP contribution in [0, 0.1) is 5.92 Å². The van der Waals surface area contributed by atoms with Gasteiger partial charge in [0.2, 0.25) is 11.8 Å². The molecule has 0 aliphatic carbocycles. The Morgan fingerprint density at radius 2 is 2.15 bits per heavy atom. The highest BCUT2D eigenvalue weighted by Gasteiger charge is 2.34. The van der Waals surface area contributed by atoms with Crippen LogP contribution in [-0.4, -0.2) is 36.1 Å². The number of carbonyl (C=O) groups is 2. The van der Waals surface area contributed by atoms with Crippen LogP contribution in [0.3, 0.4) is 0 Å². The molecular weight excluding hydrogens is 280 g/mol. The molecule has 2 unspecified atom stereocenters. The van der Waals surface area contributed by atoms with Crippen molar-refractivity contribution in [3.8, 4) is 0 Å². The molecule has 2 N–H and O–H groups in total. The number of nitrogens with one attached hydrogen (secondary N) is 1. The molecule has 2 rings (SSSR count). The molecule has 1 saturated heterocycles. The average molecular weight is 297 g/mol. The van der Waals surface area contributed by atoms with Crippen LogP contribution < -0.4 is 10.2 Å². The molecule has 0 bridgehead atoms. The molecule has 0 radical (unpaired) electrons. The summed E-state index contributed by atoms with van der Waals surface area (Å²) in [6.45, 7) is 2.15. The van der Waals surface area contributed by atoms with Gasteiger partial charge in [0.1, 0.15) is 0 Å². The summed E-state index contributed by atoms with van der Waals surface area (Å²) in [5, 5.41) is 12.4. The predicted octanol–water partition coefficient (Wildman–Crippen LogP) is 1.19. The number of aliphatic hydroxyl groups excluding tert-OH is 1. The second-order valence-electron chi connectivity index (χ2n) is 4.98. The van der Waals surface area contributed by atoms with Gasteiger partial charge >= 0.3 is 0 Å². The monoisotopic (exact) mass is 296 g/mol. The predicted molar refractivity (Wildman–Crippen MR) is 76.6 cm³/mol. The van der Waals surface area contributed by atoms with Gasteiger partial charge < -0.3 is 15.3 Å². The topological polar surface area (TPSA) is 69.6 Å². The van der Waals surface area contributed by atoms with E-state index in [0.717, 1.165) is 5.69 Å². The highest BCUT2D eigenvalue weighted by Crippen LogP contribution is 2.26. The molecule has 2 atom stereocenters. The van der Waals surface area contributed by atoms with Crippen LogP contribution in [0.2, 0.25) is 5.02 Å². The van der Waals surface area contributed by atoms with E-state index in [1.165, 1.54) is 0 Å². The Hall–Kier alpha value is -1.59. The summed E-state index contributed by atoms with van der Waals surface area (Å²) in [7, 11) is 0. The highest BCUT2D eigenvalue weighted by molar-refractivity contribution is 6.30. The van der Waals surface area contributed by atoms with Crippen molar-refractivity contribution >= 4 is 29.1 Å². The summed E-state index contributed by atoms with van der Waals surface area (Å²) >= 11 is 5.81. The van der Waals surface area contributed by atoms with Gasteiger partial charge in [-0.25, -0.2) is 0 Å². The average Bonchev–Trinajstić information content (AvgIpc) is 2.79. The summed E-state index contributed by atoms with van der Waals surface area (Å²) in [5.74, 6) is -0.655. The third kappa shape index (κ3) is 3.49. The fourth-order valence-corrected chi connectivity index (χ4v) is 2.27. The molecule has 108 valence electrons. The van der Waals surface area contributed by atoms with Crippen molar-refractivity contribution in [2.45, 2.75) is 19.4 Å². The van der Waals surface area contributed by atoms with Gasteiger partial charge in [0, 0.05) is 30.2 Å². The molecule has 1 aliphatic rings. The Labute approximate surface area is 122 Å². The molecule has 2 amide bonds. The number of hydrogen-bond donors (Lipinski definition) is 2. The van der Waals surface area contributed by atoms with Crippen molar-refractivity contribution in [3.63, 3.8) is 0 Å². The van der Waals surface area contributed by atoms with E-state index in [4.69, 9.17) is 16.7 Å². The third-order valence-corrected chi connectivity index (χ3v) is 3.46. The molecule has 6 heteroatoms. The summed E-state index contributed by atoms with van der Waals surface area (Å²) in [6, 6.07) is 6.95. The van der Waals surface area contributed by atoms with Gasteiger partial charge in [-0.1, -0.05) is 11.6 Å². The molecule has 20 heavy (non-hydrogen) atoms. The lowest BCUT2D eigenvalue weighted by Gasteiger charge is -2.17. The maximum absolute atomic E-state index is 12.0. The van der Waals surface area contributed by atoms with Crippen molar-refractivity contribution in [2.24, 2.45) is 5.92 Å². The fraction of sp³-hybridized carbons (Fsp3) is 0.429. The lowest BCUT2D eigenvalue weighted by atomic mass is 10.1. The molecule has 1 heterocycles. The van der Waals surface area contributed by atoms with Crippen molar-refractivity contribution in [2.75, 3.05) is 18.0 Å². The van der Waals surface area contributed by atoms with Crippen LogP contribution in [0.15, 0.2) is 24.3 Å². The summed E-state index contributed by atoms with van der Waals surface area (Å²) in [6.07, 6.45) is -0.405. The normalized spacial score (nSPS) is 20.1. The van der Waals surface area contributed by atoms with Crippen LogP contribution in [-0.2, 0) is 9.59 Å². The number of halogens is 1. The minimum Gasteiger partial charge on any atom is -0.392 e. The second kappa shape index (κ2) is 6.24. The van der Waals surface area contributed by atoms with E-state index >= 15 is 0 Å². The van der Waals surface area contributed by atoms with E-state index in [1.54, 1.807) is 36.1 Å². The summed E-state index contributed by atoms with van der Waals surface area (Å²) in [4.78, 5) is 25.5. The number of aliphatic hydroxyl groups is 1. The largest absolute Gasteiger partial charge is 0.392 e. The van der Waals surface area contributed by atoms with Crippen molar-refractivity contribution in [1.82, 2.24) is 5.32 Å². The Morgan fingerprint density at radius 3 is 2.75 bits per heavy atom. The molecule has 1 aromatic rings. The van der Waals surface area contributed by atoms with Gasteiger partial charge in [-0.15, -0.1) is 0 Å². The Balaban J connectivity index is 2.00. The van der Waals surface area contributed by atoms with E-state index in [-0.39, 0.29) is 30.7 Å². The van der Waals surface area contributed by atoms with Crippen LogP contribution in [0.1, 0.15) is 13.3 Å². The zero-order chi connectivity index (χ0) is 14.7. The smallest absolute Gasteiger partial charge is 0.227 e. The lowest BCUT2D eigenvalue weighted by molar-refractivity contribution is -0.126. The van der Waals surface area contributed by atoms with Gasteiger partial charge in [0.15, 0.2) is 0 Å². The Bertz CT molecular complexity index is 502. The second-order valence-corrected chi connectivity index (χ2v) is 5.41. The molecule has 1 aromatic carbocycles. The zero-order valence-corrected chi connectivity index (χ0v) is 11.9. The quantitative estimate of drug-likeness (QED) is 0.877. The fourth-order valence-electron chi connectivity index (χ4n) is 2.15. The van der Waals surface area contributed by atoms with Gasteiger partial charge in [-0.3, -0.25) is 9.59 Å². The minimum absolute atomic E-state index is 0.0791. The van der Waals surface area contributed by atoms with Crippen LogP contribution in [0.4, 0.5) is 5.69 Å². The van der Waals surface area contributed by atoms with Crippen LogP contribution >= 0.6 is 11.6 Å². The lowest BCUT2D eigenvalue weighted by Crippen LogP contribution is -2.36. The maximum atomic E-state index is 12.0.